The van der Waals surface area contributed by atoms with Crippen LogP contribution in [0.2, 0.25) is 0 Å². The van der Waals surface area contributed by atoms with E-state index in [4.69, 9.17) is 0 Å². The molecule has 2 N–H and O–H groups in total. The monoisotopic (exact) mass is 288 g/mol. The zero-order valence-corrected chi connectivity index (χ0v) is 13.0. The zero-order chi connectivity index (χ0) is 15.3. The first-order valence-corrected chi connectivity index (χ1v) is 7.48. The molecule has 1 aromatic carbocycles. The van der Waals surface area contributed by atoms with Crippen LogP contribution in [0.4, 0.5) is 0 Å². The van der Waals surface area contributed by atoms with Gasteiger partial charge in [-0.3, -0.25) is 4.79 Å². The van der Waals surface area contributed by atoms with E-state index in [1.807, 2.05) is 45.3 Å². The fourth-order valence-electron chi connectivity index (χ4n) is 2.38. The van der Waals surface area contributed by atoms with Crippen molar-refractivity contribution in [2.45, 2.75) is 39.3 Å². The Morgan fingerprint density at radius 3 is 2.86 bits per heavy atom. The number of nitrogens with zero attached hydrogens (tertiary/aromatic N) is 2. The van der Waals surface area contributed by atoms with Gasteiger partial charge in [0.25, 0.3) is 0 Å². The summed E-state index contributed by atoms with van der Waals surface area (Å²) in [7, 11) is 0. The summed E-state index contributed by atoms with van der Waals surface area (Å²) in [4.78, 5) is 16.4. The molecule has 0 aliphatic heterocycles. The number of hydrogen-bond acceptors (Lipinski definition) is 3. The molecule has 5 heteroatoms. The maximum Gasteiger partial charge on any atom is 0.239 e. The summed E-state index contributed by atoms with van der Waals surface area (Å²) in [5.74, 6) is 0.0415. The molecule has 21 heavy (non-hydrogen) atoms. The molecule has 0 aliphatic rings. The Bertz CT molecular complexity index is 603. The minimum Gasteiger partial charge on any atom is -0.354 e. The largest absolute Gasteiger partial charge is 0.354 e. The number of carbonyl (C=O) groups is 1. The standard InChI is InChI=1S/C16H24N4O/c1-4-19-16(2,3)15(21)17-10-7-11-20-12-18-13-8-5-6-9-14(13)20/h5-6,8-9,12,19H,4,7,10-11H2,1-3H3,(H,17,21). The first kappa shape index (κ1) is 15.5. The van der Waals surface area contributed by atoms with Crippen LogP contribution in [0.3, 0.4) is 0 Å². The third kappa shape index (κ3) is 3.82. The van der Waals surface area contributed by atoms with Gasteiger partial charge in [-0.15, -0.1) is 0 Å². The summed E-state index contributed by atoms with van der Waals surface area (Å²) in [6, 6.07) is 8.08. The summed E-state index contributed by atoms with van der Waals surface area (Å²) in [6.45, 7) is 8.09. The van der Waals surface area contributed by atoms with Crippen molar-refractivity contribution >= 4 is 16.9 Å². The SMILES string of the molecule is CCNC(C)(C)C(=O)NCCCn1cnc2ccccc21. The Labute approximate surface area is 125 Å². The van der Waals surface area contributed by atoms with Gasteiger partial charge in [0, 0.05) is 13.1 Å². The summed E-state index contributed by atoms with van der Waals surface area (Å²) >= 11 is 0. The summed E-state index contributed by atoms with van der Waals surface area (Å²) in [6.07, 6.45) is 2.74. The summed E-state index contributed by atoms with van der Waals surface area (Å²) < 4.78 is 2.12. The number of para-hydroxylation sites is 2. The van der Waals surface area contributed by atoms with Crippen LogP contribution in [0.1, 0.15) is 27.2 Å². The van der Waals surface area contributed by atoms with Gasteiger partial charge >= 0.3 is 0 Å². The lowest BCUT2D eigenvalue weighted by Gasteiger charge is -2.24. The van der Waals surface area contributed by atoms with Crippen LogP contribution < -0.4 is 10.6 Å². The topological polar surface area (TPSA) is 59.0 Å². The van der Waals surface area contributed by atoms with Gasteiger partial charge in [0.1, 0.15) is 0 Å². The number of imidazole rings is 1. The number of aryl methyl sites for hydroxylation is 1. The molecule has 5 nitrogen and oxygen atoms in total. The van der Waals surface area contributed by atoms with E-state index in [-0.39, 0.29) is 5.91 Å². The van der Waals surface area contributed by atoms with Crippen LogP contribution in [-0.4, -0.2) is 34.1 Å². The lowest BCUT2D eigenvalue weighted by atomic mass is 10.0. The second kappa shape index (κ2) is 6.72. The van der Waals surface area contributed by atoms with Gasteiger partial charge in [0.05, 0.1) is 22.9 Å². The first-order valence-electron chi connectivity index (χ1n) is 7.48. The molecule has 0 spiro atoms. The highest BCUT2D eigenvalue weighted by Gasteiger charge is 2.25. The predicted octanol–water partition coefficient (Wildman–Crippen LogP) is 1.93. The van der Waals surface area contributed by atoms with E-state index in [1.165, 1.54) is 0 Å². The molecule has 2 aromatic rings. The number of aromatic nitrogens is 2. The lowest BCUT2D eigenvalue weighted by Crippen LogP contribution is -2.52. The third-order valence-electron chi connectivity index (χ3n) is 3.58. The van der Waals surface area contributed by atoms with Crippen LogP contribution in [-0.2, 0) is 11.3 Å². The van der Waals surface area contributed by atoms with Crippen molar-refractivity contribution in [1.82, 2.24) is 20.2 Å². The Kier molecular flexibility index (Phi) is 4.96. The highest BCUT2D eigenvalue weighted by atomic mass is 16.2. The Hall–Kier alpha value is -1.88. The minimum absolute atomic E-state index is 0.0415. The Morgan fingerprint density at radius 1 is 1.33 bits per heavy atom. The molecule has 0 aliphatic carbocycles. The number of benzene rings is 1. The van der Waals surface area contributed by atoms with Crippen LogP contribution in [0.15, 0.2) is 30.6 Å². The molecule has 0 unspecified atom stereocenters. The van der Waals surface area contributed by atoms with E-state index >= 15 is 0 Å². The molecule has 1 heterocycles. The van der Waals surface area contributed by atoms with Gasteiger partial charge in [-0.2, -0.15) is 0 Å². The molecule has 0 saturated heterocycles. The molecular formula is C16H24N4O. The average molecular weight is 288 g/mol. The molecule has 0 bridgehead atoms. The molecule has 1 amide bonds. The van der Waals surface area contributed by atoms with Crippen molar-refractivity contribution in [2.75, 3.05) is 13.1 Å². The Morgan fingerprint density at radius 2 is 2.10 bits per heavy atom. The first-order chi connectivity index (χ1) is 10.0. The third-order valence-corrected chi connectivity index (χ3v) is 3.58. The average Bonchev–Trinajstić information content (AvgIpc) is 2.86. The molecular weight excluding hydrogens is 264 g/mol. The minimum atomic E-state index is -0.517. The molecule has 2 rings (SSSR count). The summed E-state index contributed by atoms with van der Waals surface area (Å²) in [5, 5.41) is 6.16. The van der Waals surface area contributed by atoms with Crippen LogP contribution in [0.25, 0.3) is 11.0 Å². The second-order valence-corrected chi connectivity index (χ2v) is 5.69. The van der Waals surface area contributed by atoms with Crippen molar-refractivity contribution in [3.63, 3.8) is 0 Å². The molecule has 0 fully saturated rings. The number of nitrogens with one attached hydrogen (secondary N) is 2. The molecule has 114 valence electrons. The van der Waals surface area contributed by atoms with E-state index in [1.54, 1.807) is 0 Å². The van der Waals surface area contributed by atoms with Gasteiger partial charge in [0.15, 0.2) is 0 Å². The van der Waals surface area contributed by atoms with Crippen LogP contribution in [0, 0.1) is 0 Å². The lowest BCUT2D eigenvalue weighted by molar-refractivity contribution is -0.126. The van der Waals surface area contributed by atoms with Crippen LogP contribution >= 0.6 is 0 Å². The number of carbonyl (C=O) groups excluding carboxylic acids is 1. The van der Waals surface area contributed by atoms with Gasteiger partial charge in [-0.1, -0.05) is 19.1 Å². The number of fused-ring (bicyclic) bond motifs is 1. The number of hydrogen-bond donors (Lipinski definition) is 2. The van der Waals surface area contributed by atoms with Gasteiger partial charge in [-0.25, -0.2) is 4.98 Å². The van der Waals surface area contributed by atoms with Gasteiger partial charge in [-0.05, 0) is 38.9 Å². The summed E-state index contributed by atoms with van der Waals surface area (Å²) in [5.41, 5.74) is 1.63. The predicted molar refractivity (Wildman–Crippen MR) is 85.1 cm³/mol. The molecule has 0 atom stereocenters. The van der Waals surface area contributed by atoms with Crippen molar-refractivity contribution in [1.29, 1.82) is 0 Å². The highest BCUT2D eigenvalue weighted by Crippen LogP contribution is 2.11. The van der Waals surface area contributed by atoms with E-state index < -0.39 is 5.54 Å². The van der Waals surface area contributed by atoms with Gasteiger partial charge in [0.2, 0.25) is 5.91 Å². The molecule has 1 aromatic heterocycles. The zero-order valence-electron chi connectivity index (χ0n) is 13.0. The van der Waals surface area contributed by atoms with Gasteiger partial charge < -0.3 is 15.2 Å². The van der Waals surface area contributed by atoms with Crippen molar-refractivity contribution in [2.24, 2.45) is 0 Å². The number of likely N-dealkylation sites (N-methyl/N-ethyl adjacent to an activating group) is 1. The van der Waals surface area contributed by atoms with Crippen molar-refractivity contribution in [3.8, 4) is 0 Å². The quantitative estimate of drug-likeness (QED) is 0.765. The number of rotatable bonds is 7. The smallest absolute Gasteiger partial charge is 0.239 e. The van der Waals surface area contributed by atoms with Crippen molar-refractivity contribution < 1.29 is 4.79 Å². The molecule has 0 radical (unpaired) electrons. The second-order valence-electron chi connectivity index (χ2n) is 5.69. The highest BCUT2D eigenvalue weighted by molar-refractivity contribution is 5.85. The fourth-order valence-corrected chi connectivity index (χ4v) is 2.38. The van der Waals surface area contributed by atoms with E-state index in [9.17, 15) is 4.79 Å². The van der Waals surface area contributed by atoms with E-state index in [2.05, 4.69) is 26.3 Å². The fraction of sp³-hybridized carbons (Fsp3) is 0.500. The van der Waals surface area contributed by atoms with Crippen LogP contribution in [0.5, 0.6) is 0 Å². The molecule has 0 saturated carbocycles. The van der Waals surface area contributed by atoms with Crippen molar-refractivity contribution in [3.05, 3.63) is 30.6 Å². The van der Waals surface area contributed by atoms with E-state index in [0.29, 0.717) is 6.54 Å². The maximum atomic E-state index is 12.0. The maximum absolute atomic E-state index is 12.0. The Balaban J connectivity index is 1.81. The normalized spacial score (nSPS) is 11.8. The number of amides is 1. The van der Waals surface area contributed by atoms with E-state index in [0.717, 1.165) is 30.5 Å².